The number of nitrogens with zero attached hydrogens (tertiary/aromatic N) is 2. The maximum Gasteiger partial charge on any atom is 0.326 e. The van der Waals surface area contributed by atoms with E-state index in [1.54, 1.807) is 0 Å². The van der Waals surface area contributed by atoms with Crippen LogP contribution in [0.2, 0.25) is 0 Å². The number of rotatable bonds is 3. The van der Waals surface area contributed by atoms with Crippen molar-refractivity contribution in [2.24, 2.45) is 0 Å². The van der Waals surface area contributed by atoms with Gasteiger partial charge in [-0.05, 0) is 23.8 Å². The fourth-order valence-electron chi connectivity index (χ4n) is 3.98. The summed E-state index contributed by atoms with van der Waals surface area (Å²) in [6.07, 6.45) is 1.03. The minimum Gasteiger partial charge on any atom is -0.358 e. The molecular weight excluding hydrogens is 312 g/mol. The summed E-state index contributed by atoms with van der Waals surface area (Å²) in [4.78, 5) is 21.2. The molecule has 0 atom stereocenters. The Kier molecular flexibility index (Phi) is 3.28. The molecule has 1 aliphatic rings. The first-order chi connectivity index (χ1) is 12.3. The van der Waals surface area contributed by atoms with E-state index in [0.29, 0.717) is 6.54 Å². The molecule has 2 aromatic heterocycles. The van der Waals surface area contributed by atoms with E-state index < -0.39 is 0 Å². The summed E-state index contributed by atoms with van der Waals surface area (Å²) < 4.78 is 1.85. The minimum atomic E-state index is -0.0222. The molecule has 3 heterocycles. The molecule has 5 rings (SSSR count). The summed E-state index contributed by atoms with van der Waals surface area (Å²) in [6, 6.07) is 16.4. The van der Waals surface area contributed by atoms with Crippen LogP contribution in [0, 0.1) is 0 Å². The predicted octanol–water partition coefficient (Wildman–Crippen LogP) is 2.87. The Balaban J connectivity index is 1.39. The van der Waals surface area contributed by atoms with Crippen LogP contribution in [0.4, 0.5) is 0 Å². The lowest BCUT2D eigenvalue weighted by molar-refractivity contribution is 0.244. The van der Waals surface area contributed by atoms with E-state index in [2.05, 4.69) is 39.1 Å². The lowest BCUT2D eigenvalue weighted by Gasteiger charge is -2.27. The molecule has 0 amide bonds. The highest BCUT2D eigenvalue weighted by molar-refractivity contribution is 5.84. The highest BCUT2D eigenvalue weighted by atomic mass is 16.1. The Morgan fingerprint density at radius 1 is 0.920 bits per heavy atom. The Bertz CT molecular complexity index is 1120. The number of hydrogen-bond donors (Lipinski definition) is 2. The molecule has 1 aliphatic heterocycles. The van der Waals surface area contributed by atoms with Crippen LogP contribution in [0.15, 0.2) is 53.3 Å². The number of aromatic nitrogens is 3. The summed E-state index contributed by atoms with van der Waals surface area (Å²) in [5.41, 5.74) is 5.87. The molecule has 0 bridgehead atoms. The number of para-hydroxylation sites is 3. The molecule has 4 aromatic rings. The monoisotopic (exact) mass is 332 g/mol. The SMILES string of the molecule is O=c1[nH]c2ccccc2n1CCN1CCc2[nH]c3ccccc3c2C1. The van der Waals surface area contributed by atoms with Crippen LogP contribution in [-0.2, 0) is 19.5 Å². The second-order valence-corrected chi connectivity index (χ2v) is 6.75. The molecule has 5 heteroatoms. The first-order valence-corrected chi connectivity index (χ1v) is 8.78. The smallest absolute Gasteiger partial charge is 0.326 e. The topological polar surface area (TPSA) is 56.8 Å². The zero-order valence-electron chi connectivity index (χ0n) is 14.0. The highest BCUT2D eigenvalue weighted by Gasteiger charge is 2.20. The Labute approximate surface area is 144 Å². The Hall–Kier alpha value is -2.79. The molecule has 0 aliphatic carbocycles. The third-order valence-electron chi connectivity index (χ3n) is 5.28. The molecule has 0 spiro atoms. The van der Waals surface area contributed by atoms with Crippen molar-refractivity contribution in [3.05, 3.63) is 70.3 Å². The Morgan fingerprint density at radius 2 is 1.72 bits per heavy atom. The van der Waals surface area contributed by atoms with Crippen molar-refractivity contribution in [1.29, 1.82) is 0 Å². The van der Waals surface area contributed by atoms with E-state index in [-0.39, 0.29) is 5.69 Å². The van der Waals surface area contributed by atoms with Gasteiger partial charge in [0.1, 0.15) is 0 Å². The molecule has 0 fully saturated rings. The number of aromatic amines is 2. The van der Waals surface area contributed by atoms with Crippen molar-refractivity contribution < 1.29 is 0 Å². The van der Waals surface area contributed by atoms with E-state index in [0.717, 1.165) is 37.1 Å². The zero-order valence-corrected chi connectivity index (χ0v) is 14.0. The van der Waals surface area contributed by atoms with Gasteiger partial charge in [0, 0.05) is 49.2 Å². The van der Waals surface area contributed by atoms with Crippen LogP contribution in [0.3, 0.4) is 0 Å². The van der Waals surface area contributed by atoms with Crippen molar-refractivity contribution in [3.63, 3.8) is 0 Å². The average Bonchev–Trinajstić information content (AvgIpc) is 3.16. The number of hydrogen-bond acceptors (Lipinski definition) is 2. The average molecular weight is 332 g/mol. The molecule has 2 N–H and O–H groups in total. The molecular formula is C20H20N4O. The van der Waals surface area contributed by atoms with Gasteiger partial charge in [-0.3, -0.25) is 9.47 Å². The van der Waals surface area contributed by atoms with Crippen molar-refractivity contribution in [2.45, 2.75) is 19.5 Å². The van der Waals surface area contributed by atoms with Gasteiger partial charge < -0.3 is 9.97 Å². The van der Waals surface area contributed by atoms with Crippen LogP contribution in [-0.4, -0.2) is 32.5 Å². The molecule has 0 unspecified atom stereocenters. The largest absolute Gasteiger partial charge is 0.358 e. The molecule has 126 valence electrons. The van der Waals surface area contributed by atoms with E-state index >= 15 is 0 Å². The van der Waals surface area contributed by atoms with Crippen LogP contribution < -0.4 is 5.69 Å². The fraction of sp³-hybridized carbons (Fsp3) is 0.250. The molecule has 0 radical (unpaired) electrons. The maximum absolute atomic E-state index is 12.2. The van der Waals surface area contributed by atoms with Crippen molar-refractivity contribution >= 4 is 21.9 Å². The number of benzene rings is 2. The van der Waals surface area contributed by atoms with Gasteiger partial charge in [-0.15, -0.1) is 0 Å². The normalized spacial score (nSPS) is 15.0. The van der Waals surface area contributed by atoms with Gasteiger partial charge in [0.05, 0.1) is 11.0 Å². The third kappa shape index (κ3) is 2.39. The molecule has 0 saturated heterocycles. The second-order valence-electron chi connectivity index (χ2n) is 6.75. The quantitative estimate of drug-likeness (QED) is 0.606. The van der Waals surface area contributed by atoms with E-state index in [9.17, 15) is 4.79 Å². The fourth-order valence-corrected chi connectivity index (χ4v) is 3.98. The summed E-state index contributed by atoms with van der Waals surface area (Å²) in [7, 11) is 0. The number of H-pyrrole nitrogens is 2. The molecule has 5 nitrogen and oxygen atoms in total. The van der Waals surface area contributed by atoms with E-state index in [4.69, 9.17) is 0 Å². The first-order valence-electron chi connectivity index (χ1n) is 8.78. The summed E-state index contributed by atoms with van der Waals surface area (Å²) >= 11 is 0. The number of nitrogens with one attached hydrogen (secondary N) is 2. The first kappa shape index (κ1) is 14.5. The standard InChI is InChI=1S/C20H20N4O/c25-20-22-18-7-3-4-8-19(18)24(20)12-11-23-10-9-17-15(13-23)14-5-1-2-6-16(14)21-17/h1-8,21H,9-13H2,(H,22,25). The number of imidazole rings is 1. The van der Waals surface area contributed by atoms with Gasteiger partial charge in [0.15, 0.2) is 0 Å². The van der Waals surface area contributed by atoms with Crippen LogP contribution in [0.5, 0.6) is 0 Å². The highest BCUT2D eigenvalue weighted by Crippen LogP contribution is 2.27. The second kappa shape index (κ2) is 5.63. The van der Waals surface area contributed by atoms with Crippen molar-refractivity contribution in [3.8, 4) is 0 Å². The van der Waals surface area contributed by atoms with Crippen LogP contribution in [0.1, 0.15) is 11.3 Å². The van der Waals surface area contributed by atoms with E-state index in [1.807, 2.05) is 28.8 Å². The van der Waals surface area contributed by atoms with Crippen LogP contribution in [0.25, 0.3) is 21.9 Å². The molecule has 2 aromatic carbocycles. The molecule has 0 saturated carbocycles. The lowest BCUT2D eigenvalue weighted by atomic mass is 10.0. The lowest BCUT2D eigenvalue weighted by Crippen LogP contribution is -2.34. The number of fused-ring (bicyclic) bond motifs is 4. The predicted molar refractivity (Wildman–Crippen MR) is 99.8 cm³/mol. The van der Waals surface area contributed by atoms with Crippen LogP contribution >= 0.6 is 0 Å². The zero-order chi connectivity index (χ0) is 16.8. The van der Waals surface area contributed by atoms with Gasteiger partial charge in [-0.2, -0.15) is 0 Å². The maximum atomic E-state index is 12.2. The van der Waals surface area contributed by atoms with Crippen molar-refractivity contribution in [2.75, 3.05) is 13.1 Å². The van der Waals surface area contributed by atoms with Gasteiger partial charge in [0.2, 0.25) is 0 Å². The van der Waals surface area contributed by atoms with Gasteiger partial charge >= 0.3 is 5.69 Å². The third-order valence-corrected chi connectivity index (χ3v) is 5.28. The minimum absolute atomic E-state index is 0.0222. The van der Waals surface area contributed by atoms with Gasteiger partial charge in [-0.1, -0.05) is 30.3 Å². The summed E-state index contributed by atoms with van der Waals surface area (Å²) in [6.45, 7) is 3.55. The molecule has 25 heavy (non-hydrogen) atoms. The Morgan fingerprint density at radius 3 is 2.64 bits per heavy atom. The van der Waals surface area contributed by atoms with Crippen molar-refractivity contribution in [1.82, 2.24) is 19.4 Å². The van der Waals surface area contributed by atoms with Gasteiger partial charge in [0.25, 0.3) is 0 Å². The van der Waals surface area contributed by atoms with E-state index in [1.165, 1.54) is 22.2 Å². The summed E-state index contributed by atoms with van der Waals surface area (Å²) in [5.74, 6) is 0. The van der Waals surface area contributed by atoms with Gasteiger partial charge in [-0.25, -0.2) is 4.79 Å². The summed E-state index contributed by atoms with van der Waals surface area (Å²) in [5, 5.41) is 1.33.